The van der Waals surface area contributed by atoms with Gasteiger partial charge in [0.05, 0.1) is 12.5 Å². The lowest BCUT2D eigenvalue weighted by molar-refractivity contribution is -0.108. The lowest BCUT2D eigenvalue weighted by Crippen LogP contribution is -2.11. The van der Waals surface area contributed by atoms with Crippen molar-refractivity contribution in [1.82, 2.24) is 14.8 Å². The topological polar surface area (TPSA) is 57.0 Å². The van der Waals surface area contributed by atoms with Crippen LogP contribution in [0.4, 0.5) is 4.39 Å². The highest BCUT2D eigenvalue weighted by molar-refractivity contribution is 5.75. The van der Waals surface area contributed by atoms with Gasteiger partial charge in [-0.2, -0.15) is 0 Å². The Hall–Kier alpha value is -3.28. The average molecular weight is 335 g/mol. The molecule has 2 aromatic carbocycles. The number of halogens is 1. The molecular formula is C19H14FN3O2. The van der Waals surface area contributed by atoms with Crippen LogP contribution in [0.3, 0.4) is 0 Å². The molecular weight excluding hydrogens is 321 g/mol. The van der Waals surface area contributed by atoms with Crippen molar-refractivity contribution in [1.29, 1.82) is 0 Å². The number of carbonyl (C=O) groups is 1. The van der Waals surface area contributed by atoms with Gasteiger partial charge < -0.3 is 9.53 Å². The molecule has 0 aliphatic carbocycles. The van der Waals surface area contributed by atoms with Gasteiger partial charge in [-0.05, 0) is 29.8 Å². The maximum atomic E-state index is 13.0. The van der Waals surface area contributed by atoms with Gasteiger partial charge in [0.1, 0.15) is 24.2 Å². The maximum Gasteiger partial charge on any atom is 0.216 e. The first-order valence-corrected chi connectivity index (χ1v) is 7.81. The summed E-state index contributed by atoms with van der Waals surface area (Å²) in [6.45, 7) is 0.467. The van der Waals surface area contributed by atoms with E-state index in [0.717, 1.165) is 17.4 Å². The molecule has 2 heterocycles. The van der Waals surface area contributed by atoms with Crippen LogP contribution in [0.1, 0.15) is 22.9 Å². The highest BCUT2D eigenvalue weighted by Gasteiger charge is 2.23. The summed E-state index contributed by atoms with van der Waals surface area (Å²) in [5, 5.41) is 4.40. The third kappa shape index (κ3) is 3.06. The van der Waals surface area contributed by atoms with Crippen LogP contribution in [-0.2, 0) is 11.3 Å². The van der Waals surface area contributed by atoms with E-state index < -0.39 is 0 Å². The quantitative estimate of drug-likeness (QED) is 0.687. The van der Waals surface area contributed by atoms with Crippen molar-refractivity contribution in [2.24, 2.45) is 0 Å². The summed E-state index contributed by atoms with van der Waals surface area (Å²) in [6.07, 6.45) is 4.17. The summed E-state index contributed by atoms with van der Waals surface area (Å²) >= 11 is 0. The molecule has 1 aliphatic heterocycles. The fraction of sp³-hybridized carbons (Fsp3) is 0.105. The predicted molar refractivity (Wildman–Crippen MR) is 89.4 cm³/mol. The molecule has 0 fully saturated rings. The highest BCUT2D eigenvalue weighted by atomic mass is 19.1. The van der Waals surface area contributed by atoms with Gasteiger partial charge in [0.15, 0.2) is 5.76 Å². The summed E-state index contributed by atoms with van der Waals surface area (Å²) < 4.78 is 20.5. The van der Waals surface area contributed by atoms with Crippen LogP contribution in [0.25, 0.3) is 5.76 Å². The molecule has 1 aliphatic rings. The van der Waals surface area contributed by atoms with E-state index in [1.165, 1.54) is 12.1 Å². The number of allylic oxidation sites excluding steroid dienone is 1. The zero-order valence-electron chi connectivity index (χ0n) is 13.2. The van der Waals surface area contributed by atoms with Gasteiger partial charge in [-0.1, -0.05) is 30.3 Å². The first-order valence-electron chi connectivity index (χ1n) is 7.81. The summed E-state index contributed by atoms with van der Waals surface area (Å²) in [6, 6.07) is 13.6. The van der Waals surface area contributed by atoms with E-state index in [1.807, 2.05) is 24.3 Å². The zero-order valence-corrected chi connectivity index (χ0v) is 13.2. The number of nitrogens with zero attached hydrogens (tertiary/aromatic N) is 3. The molecule has 0 amide bonds. The lowest BCUT2D eigenvalue weighted by Gasteiger charge is -2.20. The van der Waals surface area contributed by atoms with E-state index in [1.54, 1.807) is 29.2 Å². The van der Waals surface area contributed by atoms with Gasteiger partial charge >= 0.3 is 0 Å². The monoisotopic (exact) mass is 335 g/mol. The molecule has 0 bridgehead atoms. The molecule has 0 N–H and O–H groups in total. The van der Waals surface area contributed by atoms with E-state index in [9.17, 15) is 9.18 Å². The van der Waals surface area contributed by atoms with Crippen LogP contribution < -0.4 is 4.74 Å². The number of ether oxygens (including phenoxy) is 1. The van der Waals surface area contributed by atoms with Crippen molar-refractivity contribution in [2.45, 2.75) is 12.5 Å². The average Bonchev–Trinajstić information content (AvgIpc) is 3.11. The van der Waals surface area contributed by atoms with Crippen molar-refractivity contribution in [3.63, 3.8) is 0 Å². The number of rotatable bonds is 4. The normalized spacial score (nSPS) is 15.9. The molecule has 6 heteroatoms. The first-order chi connectivity index (χ1) is 12.2. The fourth-order valence-corrected chi connectivity index (χ4v) is 2.75. The Labute approximate surface area is 143 Å². The number of aromatic nitrogens is 3. The third-order valence-electron chi connectivity index (χ3n) is 3.99. The van der Waals surface area contributed by atoms with Crippen molar-refractivity contribution in [2.75, 3.05) is 0 Å². The second-order valence-corrected chi connectivity index (χ2v) is 5.72. The smallest absolute Gasteiger partial charge is 0.216 e. The standard InChI is InChI=1S/C19H14FN3O2/c20-15-7-5-13(6-8-15)10-23-12-21-19(22-23)18-9-14(11-24)16-3-1-2-4-17(16)25-18/h1-9,11-12,14H,10H2. The van der Waals surface area contributed by atoms with Crippen molar-refractivity contribution in [3.05, 3.63) is 83.7 Å². The zero-order chi connectivity index (χ0) is 17.2. The second kappa shape index (κ2) is 6.32. The summed E-state index contributed by atoms with van der Waals surface area (Å²) in [7, 11) is 0. The maximum absolute atomic E-state index is 13.0. The Morgan fingerprint density at radius 1 is 1.16 bits per heavy atom. The molecule has 1 aromatic heterocycles. The van der Waals surface area contributed by atoms with E-state index in [4.69, 9.17) is 4.74 Å². The van der Waals surface area contributed by atoms with Gasteiger partial charge in [-0.3, -0.25) is 0 Å². The number of fused-ring (bicyclic) bond motifs is 1. The van der Waals surface area contributed by atoms with Crippen molar-refractivity contribution in [3.8, 4) is 5.75 Å². The Bertz CT molecular complexity index is 947. The Kier molecular flexibility index (Phi) is 3.85. The highest BCUT2D eigenvalue weighted by Crippen LogP contribution is 2.35. The minimum absolute atomic E-state index is 0.276. The Morgan fingerprint density at radius 2 is 1.96 bits per heavy atom. The van der Waals surface area contributed by atoms with Crippen LogP contribution in [0, 0.1) is 5.82 Å². The van der Waals surface area contributed by atoms with E-state index in [0.29, 0.717) is 23.9 Å². The summed E-state index contributed by atoms with van der Waals surface area (Å²) in [4.78, 5) is 15.7. The number of carbonyl (C=O) groups excluding carboxylic acids is 1. The second-order valence-electron chi connectivity index (χ2n) is 5.72. The molecule has 0 spiro atoms. The largest absolute Gasteiger partial charge is 0.453 e. The minimum atomic E-state index is -0.385. The molecule has 3 aromatic rings. The van der Waals surface area contributed by atoms with E-state index >= 15 is 0 Å². The molecule has 4 rings (SSSR count). The van der Waals surface area contributed by atoms with Gasteiger partial charge in [-0.25, -0.2) is 14.1 Å². The van der Waals surface area contributed by atoms with E-state index in [2.05, 4.69) is 10.1 Å². The number of hydrogen-bond acceptors (Lipinski definition) is 4. The summed E-state index contributed by atoms with van der Waals surface area (Å²) in [5.74, 6) is 0.829. The first kappa shape index (κ1) is 15.3. The Balaban J connectivity index is 1.59. The van der Waals surface area contributed by atoms with Crippen LogP contribution in [0.2, 0.25) is 0 Å². The van der Waals surface area contributed by atoms with Crippen molar-refractivity contribution < 1.29 is 13.9 Å². The predicted octanol–water partition coefficient (Wildman–Crippen LogP) is 3.18. The molecule has 1 atom stereocenters. The number of para-hydroxylation sites is 1. The molecule has 0 radical (unpaired) electrons. The van der Waals surface area contributed by atoms with Crippen LogP contribution >= 0.6 is 0 Å². The van der Waals surface area contributed by atoms with Crippen LogP contribution in [0.5, 0.6) is 5.75 Å². The Morgan fingerprint density at radius 3 is 2.76 bits per heavy atom. The number of benzene rings is 2. The third-order valence-corrected chi connectivity index (χ3v) is 3.99. The molecule has 0 saturated carbocycles. The summed E-state index contributed by atoms with van der Waals surface area (Å²) in [5.41, 5.74) is 1.74. The molecule has 5 nitrogen and oxygen atoms in total. The van der Waals surface area contributed by atoms with Gasteiger partial charge in [0.25, 0.3) is 0 Å². The van der Waals surface area contributed by atoms with Crippen LogP contribution in [0.15, 0.2) is 60.9 Å². The van der Waals surface area contributed by atoms with Gasteiger partial charge in [0.2, 0.25) is 5.82 Å². The molecule has 0 saturated heterocycles. The number of hydrogen-bond donors (Lipinski definition) is 0. The minimum Gasteiger partial charge on any atom is -0.453 e. The SMILES string of the molecule is O=CC1C=C(c2ncn(Cc3ccc(F)cc3)n2)Oc2ccccc21. The lowest BCUT2D eigenvalue weighted by atomic mass is 9.96. The van der Waals surface area contributed by atoms with E-state index in [-0.39, 0.29) is 11.7 Å². The molecule has 124 valence electrons. The number of aldehydes is 1. The fourth-order valence-electron chi connectivity index (χ4n) is 2.75. The van der Waals surface area contributed by atoms with Crippen molar-refractivity contribution >= 4 is 12.0 Å². The van der Waals surface area contributed by atoms with Gasteiger partial charge in [0, 0.05) is 5.56 Å². The molecule has 25 heavy (non-hydrogen) atoms. The molecule has 1 unspecified atom stereocenters. The van der Waals surface area contributed by atoms with Crippen LogP contribution in [-0.4, -0.2) is 21.1 Å². The van der Waals surface area contributed by atoms with Gasteiger partial charge in [-0.15, -0.1) is 5.10 Å².